The quantitative estimate of drug-likeness (QED) is 0.689. The van der Waals surface area contributed by atoms with Crippen molar-refractivity contribution in [1.29, 1.82) is 0 Å². The third-order valence-corrected chi connectivity index (χ3v) is 8.33. The predicted octanol–water partition coefficient (Wildman–Crippen LogP) is 3.77. The van der Waals surface area contributed by atoms with Gasteiger partial charge in [-0.1, -0.05) is 46.3 Å². The normalized spacial score (nSPS) is 22.9. The molecule has 7 heteroatoms. The molecule has 0 spiro atoms. The number of hydrogen-bond donors (Lipinski definition) is 1. The van der Waals surface area contributed by atoms with Crippen LogP contribution in [-0.4, -0.2) is 38.3 Å². The van der Waals surface area contributed by atoms with Crippen molar-refractivity contribution in [3.05, 3.63) is 64.6 Å². The molecule has 2 aromatic rings. The molecule has 1 heterocycles. The van der Waals surface area contributed by atoms with Crippen LogP contribution in [0.1, 0.15) is 30.7 Å². The molecule has 4 rings (SSSR count). The van der Waals surface area contributed by atoms with E-state index < -0.39 is 10.0 Å². The molecule has 1 N–H and O–H groups in total. The number of sulfonamides is 1. The second-order valence-electron chi connectivity index (χ2n) is 7.91. The number of nitrogens with zero attached hydrogens (tertiary/aromatic N) is 1. The largest absolute Gasteiger partial charge is 0.356 e. The van der Waals surface area contributed by atoms with Gasteiger partial charge >= 0.3 is 0 Å². The van der Waals surface area contributed by atoms with Crippen LogP contribution >= 0.6 is 15.9 Å². The van der Waals surface area contributed by atoms with Crippen LogP contribution in [0.25, 0.3) is 0 Å². The predicted molar refractivity (Wildman–Crippen MR) is 116 cm³/mol. The maximum atomic E-state index is 12.7. The zero-order valence-electron chi connectivity index (χ0n) is 16.1. The van der Waals surface area contributed by atoms with Crippen LogP contribution in [0.15, 0.2) is 64.0 Å². The molecule has 0 bridgehead atoms. The van der Waals surface area contributed by atoms with Gasteiger partial charge in [-0.15, -0.1) is 0 Å². The van der Waals surface area contributed by atoms with E-state index in [1.807, 2.05) is 18.2 Å². The van der Waals surface area contributed by atoms with Crippen molar-refractivity contribution >= 4 is 31.9 Å². The number of carbonyl (C=O) groups excluding carboxylic acids is 1. The minimum atomic E-state index is -3.42. The van der Waals surface area contributed by atoms with Crippen molar-refractivity contribution in [3.8, 4) is 0 Å². The van der Waals surface area contributed by atoms with Gasteiger partial charge in [0.25, 0.3) is 0 Å². The Morgan fingerprint density at radius 1 is 1.07 bits per heavy atom. The monoisotopic (exact) mass is 476 g/mol. The Bertz CT molecular complexity index is 973. The lowest BCUT2D eigenvalue weighted by atomic mass is 9.98. The highest BCUT2D eigenvalue weighted by Gasteiger charge is 2.44. The summed E-state index contributed by atoms with van der Waals surface area (Å²) in [6.45, 7) is 1.63. The molecule has 5 nitrogen and oxygen atoms in total. The van der Waals surface area contributed by atoms with Gasteiger partial charge in [0.15, 0.2) is 0 Å². The van der Waals surface area contributed by atoms with Gasteiger partial charge in [-0.3, -0.25) is 4.79 Å². The lowest BCUT2D eigenvalue weighted by molar-refractivity contribution is -0.122. The van der Waals surface area contributed by atoms with Crippen molar-refractivity contribution in [2.45, 2.75) is 30.1 Å². The van der Waals surface area contributed by atoms with Crippen LogP contribution in [0.4, 0.5) is 0 Å². The van der Waals surface area contributed by atoms with Crippen LogP contribution < -0.4 is 5.32 Å². The molecule has 2 unspecified atom stereocenters. The molecule has 1 saturated heterocycles. The van der Waals surface area contributed by atoms with Crippen molar-refractivity contribution in [2.24, 2.45) is 11.8 Å². The van der Waals surface area contributed by atoms with E-state index in [4.69, 9.17) is 0 Å². The molecule has 1 aliphatic carbocycles. The fourth-order valence-electron chi connectivity index (χ4n) is 4.06. The number of hydrogen-bond acceptors (Lipinski definition) is 3. The Labute approximate surface area is 180 Å². The summed E-state index contributed by atoms with van der Waals surface area (Å²) in [5, 5.41) is 3.10. The highest BCUT2D eigenvalue weighted by Crippen LogP contribution is 2.48. The molecule has 2 aliphatic rings. The first kappa shape index (κ1) is 20.6. The molecule has 2 fully saturated rings. The van der Waals surface area contributed by atoms with Crippen molar-refractivity contribution in [1.82, 2.24) is 9.62 Å². The summed E-state index contributed by atoms with van der Waals surface area (Å²) in [6.07, 6.45) is 2.44. The number of benzene rings is 2. The number of carbonyl (C=O) groups is 1. The third kappa shape index (κ3) is 4.73. The molecule has 0 radical (unpaired) electrons. The second kappa shape index (κ2) is 8.58. The van der Waals surface area contributed by atoms with Crippen LogP contribution in [-0.2, 0) is 14.8 Å². The highest BCUT2D eigenvalue weighted by atomic mass is 79.9. The van der Waals surface area contributed by atoms with E-state index >= 15 is 0 Å². The molecule has 154 valence electrons. The van der Waals surface area contributed by atoms with Gasteiger partial charge in [-0.2, -0.15) is 4.31 Å². The van der Waals surface area contributed by atoms with Crippen LogP contribution in [0.2, 0.25) is 0 Å². The fraction of sp³-hybridized carbons (Fsp3) is 0.409. The lowest BCUT2D eigenvalue weighted by Crippen LogP contribution is -2.41. The molecule has 29 heavy (non-hydrogen) atoms. The summed E-state index contributed by atoms with van der Waals surface area (Å²) in [4.78, 5) is 12.8. The summed E-state index contributed by atoms with van der Waals surface area (Å²) in [5.41, 5.74) is 1.21. The van der Waals surface area contributed by atoms with Crippen LogP contribution in [0, 0.1) is 11.8 Å². The maximum Gasteiger partial charge on any atom is 0.243 e. The molecule has 0 aromatic heterocycles. The van der Waals surface area contributed by atoms with Gasteiger partial charge in [0.1, 0.15) is 0 Å². The van der Waals surface area contributed by atoms with Gasteiger partial charge < -0.3 is 5.32 Å². The molecule has 2 aromatic carbocycles. The first-order valence-electron chi connectivity index (χ1n) is 10.0. The first-order valence-corrected chi connectivity index (χ1v) is 12.3. The van der Waals surface area contributed by atoms with Crippen molar-refractivity contribution in [2.75, 3.05) is 19.6 Å². The zero-order chi connectivity index (χ0) is 20.4. The van der Waals surface area contributed by atoms with Gasteiger partial charge in [0.2, 0.25) is 15.9 Å². The summed E-state index contributed by atoms with van der Waals surface area (Å²) < 4.78 is 28.0. The Kier molecular flexibility index (Phi) is 6.08. The maximum absolute atomic E-state index is 12.7. The zero-order valence-corrected chi connectivity index (χ0v) is 18.5. The Balaban J connectivity index is 1.24. The van der Waals surface area contributed by atoms with Gasteiger partial charge in [0, 0.05) is 30.0 Å². The van der Waals surface area contributed by atoms with Crippen molar-refractivity contribution in [3.63, 3.8) is 0 Å². The van der Waals surface area contributed by atoms with E-state index in [2.05, 4.69) is 33.4 Å². The number of rotatable bonds is 6. The third-order valence-electron chi connectivity index (χ3n) is 5.92. The number of halogens is 1. The van der Waals surface area contributed by atoms with Gasteiger partial charge in [0.05, 0.1) is 4.90 Å². The summed E-state index contributed by atoms with van der Waals surface area (Å²) in [6, 6.07) is 16.7. The highest BCUT2D eigenvalue weighted by molar-refractivity contribution is 9.10. The Morgan fingerprint density at radius 2 is 1.79 bits per heavy atom. The molecule has 1 amide bonds. The van der Waals surface area contributed by atoms with E-state index in [1.165, 1.54) is 5.56 Å². The molecule has 1 saturated carbocycles. The molecule has 2 atom stereocenters. The molecular formula is C22H25BrN2O3S. The first-order chi connectivity index (χ1) is 13.9. The van der Waals surface area contributed by atoms with Gasteiger partial charge in [-0.05, 0) is 60.9 Å². The topological polar surface area (TPSA) is 66.5 Å². The number of amides is 1. The van der Waals surface area contributed by atoms with E-state index in [-0.39, 0.29) is 11.8 Å². The average molecular weight is 477 g/mol. The summed E-state index contributed by atoms with van der Waals surface area (Å²) >= 11 is 3.48. The smallest absolute Gasteiger partial charge is 0.243 e. The van der Waals surface area contributed by atoms with Crippen LogP contribution in [0.3, 0.4) is 0 Å². The Morgan fingerprint density at radius 3 is 2.48 bits per heavy atom. The standard InChI is InChI=1S/C22H25BrN2O3S/c23-18-6-4-5-17(13-18)20-14-21(20)22(26)24-15-16-9-11-25(12-10-16)29(27,28)19-7-2-1-3-8-19/h1-8,13,16,20-21H,9-12,14-15H2,(H,24,26). The van der Waals surface area contributed by atoms with E-state index in [1.54, 1.807) is 28.6 Å². The lowest BCUT2D eigenvalue weighted by Gasteiger charge is -2.31. The number of nitrogens with one attached hydrogen (secondary N) is 1. The van der Waals surface area contributed by atoms with E-state index in [0.29, 0.717) is 36.4 Å². The minimum absolute atomic E-state index is 0.0582. The second-order valence-corrected chi connectivity index (χ2v) is 10.8. The van der Waals surface area contributed by atoms with E-state index in [9.17, 15) is 13.2 Å². The summed E-state index contributed by atoms with van der Waals surface area (Å²) in [7, 11) is -3.42. The fourth-order valence-corrected chi connectivity index (χ4v) is 5.97. The average Bonchev–Trinajstić information content (AvgIpc) is 3.54. The van der Waals surface area contributed by atoms with Gasteiger partial charge in [-0.25, -0.2) is 8.42 Å². The molecular weight excluding hydrogens is 452 g/mol. The van der Waals surface area contributed by atoms with Crippen LogP contribution in [0.5, 0.6) is 0 Å². The summed E-state index contributed by atoms with van der Waals surface area (Å²) in [5.74, 6) is 0.812. The minimum Gasteiger partial charge on any atom is -0.356 e. The van der Waals surface area contributed by atoms with E-state index in [0.717, 1.165) is 23.7 Å². The molecule has 1 aliphatic heterocycles. The SMILES string of the molecule is O=C(NCC1CCN(S(=O)(=O)c2ccccc2)CC1)C1CC1c1cccc(Br)c1. The Hall–Kier alpha value is -1.70. The number of piperidine rings is 1. The van der Waals surface area contributed by atoms with Crippen molar-refractivity contribution < 1.29 is 13.2 Å².